The standard InChI is InChI=1S/C17H20NO4/c1-16(13-4-6-15(7-5-13)18(19)20)21-10-17(11-22-16)9-12-2-3-14(17)8-12/h2-7,12,14,19H,8-11H2,1H3/q-1/t12-,14-,16?,17?/m1/s1. The van der Waals surface area contributed by atoms with Crippen molar-refractivity contribution in [1.82, 2.24) is 0 Å². The number of hydrogen-bond donors (Lipinski definition) is 1. The lowest BCUT2D eigenvalue weighted by atomic mass is 9.76. The van der Waals surface area contributed by atoms with Crippen LogP contribution in [0.2, 0.25) is 0 Å². The summed E-state index contributed by atoms with van der Waals surface area (Å²) in [6.45, 7) is 3.31. The molecule has 1 spiro atoms. The van der Waals surface area contributed by atoms with Gasteiger partial charge in [-0.15, -0.1) is 0 Å². The van der Waals surface area contributed by atoms with Gasteiger partial charge in [-0.2, -0.15) is 0 Å². The molecule has 22 heavy (non-hydrogen) atoms. The maximum absolute atomic E-state index is 10.9. The molecule has 2 aliphatic carbocycles. The zero-order valence-electron chi connectivity index (χ0n) is 12.6. The Balaban J connectivity index is 1.51. The van der Waals surface area contributed by atoms with Crippen molar-refractivity contribution in [3.63, 3.8) is 0 Å². The number of hydrogen-bond acceptors (Lipinski definition) is 5. The zero-order valence-corrected chi connectivity index (χ0v) is 12.6. The first-order chi connectivity index (χ1) is 10.5. The van der Waals surface area contributed by atoms with Gasteiger partial charge in [-0.05, 0) is 43.7 Å². The van der Waals surface area contributed by atoms with Crippen LogP contribution in [0.4, 0.5) is 5.69 Å². The van der Waals surface area contributed by atoms with E-state index in [0.29, 0.717) is 25.0 Å². The van der Waals surface area contributed by atoms with Crippen molar-refractivity contribution < 1.29 is 14.7 Å². The highest BCUT2D eigenvalue weighted by Gasteiger charge is 2.53. The quantitative estimate of drug-likeness (QED) is 0.671. The van der Waals surface area contributed by atoms with Crippen LogP contribution >= 0.6 is 0 Å². The third-order valence-corrected chi connectivity index (χ3v) is 5.51. The maximum atomic E-state index is 10.9. The van der Waals surface area contributed by atoms with Crippen LogP contribution in [0.3, 0.4) is 0 Å². The average molecular weight is 302 g/mol. The summed E-state index contributed by atoms with van der Waals surface area (Å²) >= 11 is 0. The molecule has 1 saturated carbocycles. The molecule has 1 aromatic carbocycles. The Kier molecular flexibility index (Phi) is 3.10. The van der Waals surface area contributed by atoms with E-state index >= 15 is 0 Å². The van der Waals surface area contributed by atoms with Crippen molar-refractivity contribution in [2.75, 3.05) is 18.4 Å². The molecule has 0 radical (unpaired) electrons. The van der Waals surface area contributed by atoms with E-state index < -0.39 is 5.79 Å². The first kappa shape index (κ1) is 14.2. The lowest BCUT2D eigenvalue weighted by Gasteiger charge is -2.46. The van der Waals surface area contributed by atoms with Crippen LogP contribution in [0, 0.1) is 22.5 Å². The van der Waals surface area contributed by atoms with E-state index in [-0.39, 0.29) is 16.3 Å². The normalized spacial score (nSPS) is 39.6. The fourth-order valence-corrected chi connectivity index (χ4v) is 4.09. The summed E-state index contributed by atoms with van der Waals surface area (Å²) in [7, 11) is 0. The summed E-state index contributed by atoms with van der Waals surface area (Å²) in [5, 5.41) is 19.6. The Morgan fingerprint density at radius 3 is 2.36 bits per heavy atom. The first-order valence-corrected chi connectivity index (χ1v) is 7.74. The lowest BCUT2D eigenvalue weighted by molar-refractivity contribution is -0.307. The number of anilines is 1. The smallest absolute Gasteiger partial charge is 0.191 e. The Morgan fingerprint density at radius 1 is 1.18 bits per heavy atom. The van der Waals surface area contributed by atoms with E-state index in [4.69, 9.17) is 14.7 Å². The predicted molar refractivity (Wildman–Crippen MR) is 81.1 cm³/mol. The van der Waals surface area contributed by atoms with Crippen LogP contribution in [0.1, 0.15) is 25.3 Å². The van der Waals surface area contributed by atoms with Gasteiger partial charge in [0.15, 0.2) is 5.79 Å². The molecule has 1 aliphatic heterocycles. The van der Waals surface area contributed by atoms with Crippen LogP contribution in [0.15, 0.2) is 36.4 Å². The molecule has 4 rings (SSSR count). The minimum atomic E-state index is -0.793. The summed E-state index contributed by atoms with van der Waals surface area (Å²) in [6, 6.07) is 6.64. The third kappa shape index (κ3) is 2.08. The van der Waals surface area contributed by atoms with Crippen LogP contribution < -0.4 is 5.23 Å². The third-order valence-electron chi connectivity index (χ3n) is 5.51. The Hall–Kier alpha value is -1.40. The lowest BCUT2D eigenvalue weighted by Crippen LogP contribution is -2.48. The van der Waals surface area contributed by atoms with Crippen molar-refractivity contribution in [3.8, 4) is 0 Å². The molecule has 0 amide bonds. The topological polar surface area (TPSA) is 65.0 Å². The van der Waals surface area contributed by atoms with Crippen molar-refractivity contribution in [2.45, 2.75) is 25.6 Å². The van der Waals surface area contributed by atoms with Crippen molar-refractivity contribution >= 4 is 5.69 Å². The molecular weight excluding hydrogens is 282 g/mol. The highest BCUT2D eigenvalue weighted by molar-refractivity contribution is 5.46. The second-order valence-corrected chi connectivity index (χ2v) is 6.90. The van der Waals surface area contributed by atoms with Gasteiger partial charge in [0, 0.05) is 11.0 Å². The maximum Gasteiger partial charge on any atom is 0.191 e. The summed E-state index contributed by atoms with van der Waals surface area (Å²) in [6.07, 6.45) is 7.03. The van der Waals surface area contributed by atoms with Crippen LogP contribution in [0.25, 0.3) is 0 Å². The van der Waals surface area contributed by atoms with Crippen molar-refractivity contribution in [3.05, 3.63) is 47.2 Å². The predicted octanol–water partition coefficient (Wildman–Crippen LogP) is 3.18. The Labute approximate surface area is 129 Å². The van der Waals surface area contributed by atoms with Gasteiger partial charge in [0.05, 0.1) is 18.9 Å². The monoisotopic (exact) mass is 302 g/mol. The molecule has 0 unspecified atom stereocenters. The number of benzene rings is 1. The van der Waals surface area contributed by atoms with Crippen molar-refractivity contribution in [2.24, 2.45) is 17.3 Å². The van der Waals surface area contributed by atoms with E-state index in [0.717, 1.165) is 12.0 Å². The second kappa shape index (κ2) is 4.80. The number of ether oxygens (including phenoxy) is 2. The van der Waals surface area contributed by atoms with E-state index in [1.807, 2.05) is 6.92 Å². The number of fused-ring (bicyclic) bond motifs is 3. The second-order valence-electron chi connectivity index (χ2n) is 6.90. The number of rotatable bonds is 2. The summed E-state index contributed by atoms with van der Waals surface area (Å²) in [5.41, 5.74) is 1.18. The molecule has 2 bridgehead atoms. The fraction of sp³-hybridized carbons (Fsp3) is 0.529. The van der Waals surface area contributed by atoms with Crippen molar-refractivity contribution in [1.29, 1.82) is 0 Å². The molecule has 0 aromatic heterocycles. The van der Waals surface area contributed by atoms with Crippen LogP contribution in [-0.2, 0) is 15.3 Å². The molecule has 3 aliphatic rings. The minimum Gasteiger partial charge on any atom is -0.733 e. The van der Waals surface area contributed by atoms with Gasteiger partial charge in [-0.1, -0.05) is 24.3 Å². The zero-order chi connectivity index (χ0) is 15.4. The Bertz CT molecular complexity index is 587. The molecular formula is C17H20NO4-. The van der Waals surface area contributed by atoms with Gasteiger partial charge in [-0.25, -0.2) is 0 Å². The summed E-state index contributed by atoms with van der Waals surface area (Å²) in [4.78, 5) is 0. The molecule has 5 heteroatoms. The minimum absolute atomic E-state index is 0.135. The number of allylic oxidation sites excluding steroid dienone is 2. The molecule has 1 N–H and O–H groups in total. The van der Waals surface area contributed by atoms with E-state index in [1.54, 1.807) is 24.3 Å². The Morgan fingerprint density at radius 2 is 1.86 bits per heavy atom. The van der Waals surface area contributed by atoms with Gasteiger partial charge >= 0.3 is 0 Å². The van der Waals surface area contributed by atoms with Crippen LogP contribution in [0.5, 0.6) is 0 Å². The molecule has 1 aromatic rings. The van der Waals surface area contributed by atoms with E-state index in [2.05, 4.69) is 12.2 Å². The summed E-state index contributed by atoms with van der Waals surface area (Å²) in [5.74, 6) is 0.472. The molecule has 5 nitrogen and oxygen atoms in total. The highest BCUT2D eigenvalue weighted by atomic mass is 16.8. The summed E-state index contributed by atoms with van der Waals surface area (Å²) < 4.78 is 12.3. The van der Waals surface area contributed by atoms with Crippen LogP contribution in [-0.4, -0.2) is 18.4 Å². The van der Waals surface area contributed by atoms with Gasteiger partial charge in [-0.3, -0.25) is 5.21 Å². The molecule has 1 heterocycles. The first-order valence-electron chi connectivity index (χ1n) is 7.74. The number of nitrogens with zero attached hydrogens (tertiary/aromatic N) is 1. The largest absolute Gasteiger partial charge is 0.733 e. The van der Waals surface area contributed by atoms with Gasteiger partial charge in [0.25, 0.3) is 0 Å². The molecule has 118 valence electrons. The molecule has 1 saturated heterocycles. The fourth-order valence-electron chi connectivity index (χ4n) is 4.09. The molecule has 2 atom stereocenters. The molecule has 2 fully saturated rings. The average Bonchev–Trinajstić information content (AvgIpc) is 3.12. The van der Waals surface area contributed by atoms with Gasteiger partial charge in [0.2, 0.25) is 0 Å². The van der Waals surface area contributed by atoms with E-state index in [1.165, 1.54) is 6.42 Å². The van der Waals surface area contributed by atoms with Gasteiger partial charge in [0.1, 0.15) is 0 Å². The van der Waals surface area contributed by atoms with E-state index in [9.17, 15) is 5.21 Å². The highest BCUT2D eigenvalue weighted by Crippen LogP contribution is 2.55. The SMILES string of the molecule is CC1(c2ccc(N([O-])O)cc2)OCC2(CO1)C[C@@H]1C=C[C@@H]2C1. The van der Waals surface area contributed by atoms with Gasteiger partial charge < -0.3 is 19.9 Å².